The van der Waals surface area contributed by atoms with Crippen molar-refractivity contribution in [1.82, 2.24) is 19.9 Å². The van der Waals surface area contributed by atoms with Gasteiger partial charge in [-0.2, -0.15) is 0 Å². The van der Waals surface area contributed by atoms with Gasteiger partial charge in [-0.15, -0.1) is 0 Å². The van der Waals surface area contributed by atoms with E-state index in [9.17, 15) is 0 Å². The van der Waals surface area contributed by atoms with Gasteiger partial charge in [0, 0.05) is 54.2 Å². The predicted octanol–water partition coefficient (Wildman–Crippen LogP) is 4.30. The third kappa shape index (κ3) is 5.53. The van der Waals surface area contributed by atoms with E-state index in [1.165, 1.54) is 0 Å². The van der Waals surface area contributed by atoms with Crippen LogP contribution < -0.4 is 5.32 Å². The lowest BCUT2D eigenvalue weighted by Crippen LogP contribution is -2.37. The number of morpholine rings is 1. The molecule has 0 radical (unpaired) electrons. The van der Waals surface area contributed by atoms with E-state index in [1.807, 2.05) is 49.6 Å². The summed E-state index contributed by atoms with van der Waals surface area (Å²) < 4.78 is 5.40. The Morgan fingerprint density at radius 2 is 1.77 bits per heavy atom. The number of halogens is 1. The molecular weight excluding hydrogens is 398 g/mol. The van der Waals surface area contributed by atoms with Crippen LogP contribution in [0, 0.1) is 6.92 Å². The summed E-state index contributed by atoms with van der Waals surface area (Å²) in [6.07, 6.45) is 4.75. The molecule has 4 rings (SSSR count). The van der Waals surface area contributed by atoms with Gasteiger partial charge in [-0.3, -0.25) is 9.88 Å². The molecule has 0 saturated carbocycles. The SMILES string of the molecule is Cc1nc(NCCCN2CCOCC2)cc(-c2cncc(-c3ccc(Cl)cc3)c2)n1. The number of nitrogens with zero attached hydrogens (tertiary/aromatic N) is 4. The Balaban J connectivity index is 1.43. The summed E-state index contributed by atoms with van der Waals surface area (Å²) in [5.41, 5.74) is 3.92. The van der Waals surface area contributed by atoms with Crippen molar-refractivity contribution < 1.29 is 4.74 Å². The number of benzene rings is 1. The standard InChI is InChI=1S/C23H26ClN5O/c1-17-27-22(14-23(28-17)26-7-2-8-29-9-11-30-12-10-29)20-13-19(15-25-16-20)18-3-5-21(24)6-4-18/h3-6,13-16H,2,7-12H2,1H3,(H,26,27,28). The highest BCUT2D eigenvalue weighted by Gasteiger charge is 2.10. The van der Waals surface area contributed by atoms with E-state index in [2.05, 4.69) is 31.2 Å². The fourth-order valence-electron chi connectivity index (χ4n) is 3.53. The average Bonchev–Trinajstić information content (AvgIpc) is 2.78. The van der Waals surface area contributed by atoms with Crippen molar-refractivity contribution in [2.24, 2.45) is 0 Å². The highest BCUT2D eigenvalue weighted by atomic mass is 35.5. The third-order valence-corrected chi connectivity index (χ3v) is 5.36. The highest BCUT2D eigenvalue weighted by Crippen LogP contribution is 2.26. The maximum atomic E-state index is 6.01. The Bertz CT molecular complexity index is 974. The van der Waals surface area contributed by atoms with E-state index >= 15 is 0 Å². The first-order chi connectivity index (χ1) is 14.7. The zero-order chi connectivity index (χ0) is 20.8. The number of anilines is 1. The predicted molar refractivity (Wildman–Crippen MR) is 121 cm³/mol. The van der Waals surface area contributed by atoms with Gasteiger partial charge in [0.1, 0.15) is 11.6 Å². The molecule has 1 fully saturated rings. The highest BCUT2D eigenvalue weighted by molar-refractivity contribution is 6.30. The molecule has 3 aromatic rings. The summed E-state index contributed by atoms with van der Waals surface area (Å²) in [4.78, 5) is 16.0. The number of aromatic nitrogens is 3. The lowest BCUT2D eigenvalue weighted by Gasteiger charge is -2.26. The molecule has 2 aromatic heterocycles. The topological polar surface area (TPSA) is 63.2 Å². The maximum absolute atomic E-state index is 6.01. The van der Waals surface area contributed by atoms with Crippen molar-refractivity contribution in [2.75, 3.05) is 44.7 Å². The Kier molecular flexibility index (Phi) is 6.89. The van der Waals surface area contributed by atoms with Gasteiger partial charge in [0.15, 0.2) is 0 Å². The van der Waals surface area contributed by atoms with Crippen molar-refractivity contribution in [3.63, 3.8) is 0 Å². The minimum atomic E-state index is 0.721. The van der Waals surface area contributed by atoms with Crippen molar-refractivity contribution >= 4 is 17.4 Å². The van der Waals surface area contributed by atoms with Crippen LogP contribution >= 0.6 is 11.6 Å². The monoisotopic (exact) mass is 423 g/mol. The van der Waals surface area contributed by atoms with E-state index in [0.717, 1.165) is 84.9 Å². The van der Waals surface area contributed by atoms with Crippen molar-refractivity contribution in [3.05, 3.63) is 59.6 Å². The molecule has 0 aliphatic carbocycles. The van der Waals surface area contributed by atoms with E-state index in [4.69, 9.17) is 16.3 Å². The van der Waals surface area contributed by atoms with Crippen LogP contribution in [0.25, 0.3) is 22.4 Å². The van der Waals surface area contributed by atoms with Gasteiger partial charge in [0.05, 0.1) is 18.9 Å². The molecule has 6 nitrogen and oxygen atoms in total. The summed E-state index contributed by atoms with van der Waals surface area (Å²) in [6.45, 7) is 7.58. The largest absolute Gasteiger partial charge is 0.379 e. The molecular formula is C23H26ClN5O. The molecule has 0 atom stereocenters. The first kappa shape index (κ1) is 20.7. The van der Waals surface area contributed by atoms with Gasteiger partial charge in [-0.1, -0.05) is 23.7 Å². The summed E-state index contributed by atoms with van der Waals surface area (Å²) >= 11 is 6.01. The van der Waals surface area contributed by atoms with Gasteiger partial charge in [0.2, 0.25) is 0 Å². The third-order valence-electron chi connectivity index (χ3n) is 5.11. The molecule has 0 amide bonds. The fourth-order valence-corrected chi connectivity index (χ4v) is 3.66. The second kappa shape index (κ2) is 9.98. The number of hydrogen-bond acceptors (Lipinski definition) is 6. The Morgan fingerprint density at radius 1 is 1.00 bits per heavy atom. The first-order valence-corrected chi connectivity index (χ1v) is 10.7. The summed E-state index contributed by atoms with van der Waals surface area (Å²) in [6, 6.07) is 11.9. The molecule has 1 N–H and O–H groups in total. The Labute approximate surface area is 182 Å². The molecule has 30 heavy (non-hydrogen) atoms. The molecule has 1 aliphatic heterocycles. The number of aryl methyl sites for hydroxylation is 1. The maximum Gasteiger partial charge on any atom is 0.130 e. The number of ether oxygens (including phenoxy) is 1. The molecule has 3 heterocycles. The molecule has 0 bridgehead atoms. The van der Waals surface area contributed by atoms with Crippen LogP contribution in [-0.2, 0) is 4.74 Å². The second-order valence-corrected chi connectivity index (χ2v) is 7.83. The minimum Gasteiger partial charge on any atom is -0.379 e. The molecule has 0 spiro atoms. The van der Waals surface area contributed by atoms with Crippen molar-refractivity contribution in [1.29, 1.82) is 0 Å². The van der Waals surface area contributed by atoms with Crippen molar-refractivity contribution in [2.45, 2.75) is 13.3 Å². The number of pyridine rings is 1. The van der Waals surface area contributed by atoms with Crippen LogP contribution in [0.1, 0.15) is 12.2 Å². The minimum absolute atomic E-state index is 0.721. The van der Waals surface area contributed by atoms with E-state index in [0.29, 0.717) is 0 Å². The number of hydrogen-bond donors (Lipinski definition) is 1. The summed E-state index contributed by atoms with van der Waals surface area (Å²) in [5.74, 6) is 1.58. The van der Waals surface area contributed by atoms with Crippen LogP contribution in [-0.4, -0.2) is 59.2 Å². The molecule has 1 aromatic carbocycles. The molecule has 156 valence electrons. The lowest BCUT2D eigenvalue weighted by molar-refractivity contribution is 0.0378. The molecule has 0 unspecified atom stereocenters. The van der Waals surface area contributed by atoms with Gasteiger partial charge in [0.25, 0.3) is 0 Å². The van der Waals surface area contributed by atoms with Gasteiger partial charge < -0.3 is 10.1 Å². The molecule has 7 heteroatoms. The van der Waals surface area contributed by atoms with E-state index in [-0.39, 0.29) is 0 Å². The van der Waals surface area contributed by atoms with E-state index < -0.39 is 0 Å². The zero-order valence-corrected chi connectivity index (χ0v) is 17.9. The van der Waals surface area contributed by atoms with Crippen LogP contribution in [0.2, 0.25) is 5.02 Å². The zero-order valence-electron chi connectivity index (χ0n) is 17.1. The van der Waals surface area contributed by atoms with E-state index in [1.54, 1.807) is 0 Å². The lowest BCUT2D eigenvalue weighted by atomic mass is 10.0. The quantitative estimate of drug-likeness (QED) is 0.571. The van der Waals surface area contributed by atoms with Crippen LogP contribution in [0.15, 0.2) is 48.8 Å². The molecule has 1 saturated heterocycles. The molecule has 1 aliphatic rings. The Morgan fingerprint density at radius 3 is 2.57 bits per heavy atom. The summed E-state index contributed by atoms with van der Waals surface area (Å²) in [7, 11) is 0. The number of rotatable bonds is 7. The fraction of sp³-hybridized carbons (Fsp3) is 0.348. The van der Waals surface area contributed by atoms with Crippen molar-refractivity contribution in [3.8, 4) is 22.4 Å². The average molecular weight is 424 g/mol. The van der Waals surface area contributed by atoms with Crippen LogP contribution in [0.4, 0.5) is 5.82 Å². The normalized spacial score (nSPS) is 14.6. The summed E-state index contributed by atoms with van der Waals surface area (Å²) in [5, 5.41) is 4.16. The number of nitrogens with one attached hydrogen (secondary N) is 1. The van der Waals surface area contributed by atoms with Crippen LogP contribution in [0.3, 0.4) is 0 Å². The first-order valence-electron chi connectivity index (χ1n) is 10.3. The van der Waals surface area contributed by atoms with Crippen LogP contribution in [0.5, 0.6) is 0 Å². The van der Waals surface area contributed by atoms with Gasteiger partial charge >= 0.3 is 0 Å². The van der Waals surface area contributed by atoms with Gasteiger partial charge in [-0.25, -0.2) is 9.97 Å². The smallest absolute Gasteiger partial charge is 0.130 e. The van der Waals surface area contributed by atoms with Gasteiger partial charge in [-0.05, 0) is 43.7 Å². The Hall–Kier alpha value is -2.54. The second-order valence-electron chi connectivity index (χ2n) is 7.39.